The molecule has 1 aromatic rings. The Morgan fingerprint density at radius 2 is 2.00 bits per heavy atom. The van der Waals surface area contributed by atoms with Crippen molar-refractivity contribution in [3.8, 4) is 0 Å². The molecule has 94 valence electrons. The van der Waals surface area contributed by atoms with Gasteiger partial charge in [-0.25, -0.2) is 0 Å². The van der Waals surface area contributed by atoms with E-state index < -0.39 is 0 Å². The molecular weight excluding hydrogens is 273 g/mol. The lowest BCUT2D eigenvalue weighted by molar-refractivity contribution is -0.124. The van der Waals surface area contributed by atoms with Gasteiger partial charge in [0, 0.05) is 24.3 Å². The largest absolute Gasteiger partial charge is 0.391 e. The lowest BCUT2D eigenvalue weighted by atomic mass is 9.81. The molecule has 0 bridgehead atoms. The van der Waals surface area contributed by atoms with Gasteiger partial charge in [0.2, 0.25) is 0 Å². The monoisotopic (exact) mass is 283 g/mol. The van der Waals surface area contributed by atoms with Gasteiger partial charge in [-0.05, 0) is 18.6 Å². The maximum absolute atomic E-state index is 11.4. The molecule has 1 fully saturated rings. The standard InChI is InChI=1S/C13H11Cl2NO2/c14-9-2-1-3-10(15)12(9)13-8-5-4-7(17)6-11(8)18-16-13/h1-3,8,11H,4-6H2/t8-,11-/m0/s1. The summed E-state index contributed by atoms with van der Waals surface area (Å²) in [6.45, 7) is 0. The second-order valence-electron chi connectivity index (χ2n) is 4.61. The van der Waals surface area contributed by atoms with Crippen LogP contribution in [0.2, 0.25) is 10.0 Å². The predicted octanol–water partition coefficient (Wildman–Crippen LogP) is 3.47. The van der Waals surface area contributed by atoms with Crippen LogP contribution in [0.1, 0.15) is 24.8 Å². The number of carbonyl (C=O) groups excluding carboxylic acids is 1. The van der Waals surface area contributed by atoms with Crippen molar-refractivity contribution in [3.63, 3.8) is 0 Å². The van der Waals surface area contributed by atoms with Gasteiger partial charge in [0.25, 0.3) is 0 Å². The van der Waals surface area contributed by atoms with Gasteiger partial charge in [0.1, 0.15) is 11.9 Å². The van der Waals surface area contributed by atoms with E-state index in [1.807, 2.05) is 0 Å². The first-order valence-electron chi connectivity index (χ1n) is 5.86. The third-order valence-corrected chi connectivity index (χ3v) is 4.10. The summed E-state index contributed by atoms with van der Waals surface area (Å²) < 4.78 is 0. The van der Waals surface area contributed by atoms with E-state index in [1.54, 1.807) is 18.2 Å². The maximum atomic E-state index is 11.4. The van der Waals surface area contributed by atoms with Crippen LogP contribution in [0.5, 0.6) is 0 Å². The van der Waals surface area contributed by atoms with Gasteiger partial charge < -0.3 is 4.84 Å². The van der Waals surface area contributed by atoms with Crippen molar-refractivity contribution in [1.29, 1.82) is 0 Å². The summed E-state index contributed by atoms with van der Waals surface area (Å²) >= 11 is 12.4. The van der Waals surface area contributed by atoms with Crippen LogP contribution in [-0.4, -0.2) is 17.6 Å². The Kier molecular flexibility index (Phi) is 3.04. The number of halogens is 2. The molecule has 18 heavy (non-hydrogen) atoms. The Hall–Kier alpha value is -1.06. The normalized spacial score (nSPS) is 26.6. The van der Waals surface area contributed by atoms with Crippen molar-refractivity contribution in [2.24, 2.45) is 11.1 Å². The van der Waals surface area contributed by atoms with Gasteiger partial charge in [-0.3, -0.25) is 4.79 Å². The molecule has 0 spiro atoms. The number of oxime groups is 1. The lowest BCUT2D eigenvalue weighted by Crippen LogP contribution is -2.31. The zero-order valence-corrected chi connectivity index (χ0v) is 11.0. The van der Waals surface area contributed by atoms with Gasteiger partial charge in [-0.15, -0.1) is 0 Å². The fourth-order valence-corrected chi connectivity index (χ4v) is 3.15. The third kappa shape index (κ3) is 1.91. The van der Waals surface area contributed by atoms with E-state index in [-0.39, 0.29) is 17.8 Å². The highest BCUT2D eigenvalue weighted by Gasteiger charge is 2.40. The van der Waals surface area contributed by atoms with Crippen LogP contribution < -0.4 is 0 Å². The van der Waals surface area contributed by atoms with E-state index in [2.05, 4.69) is 5.16 Å². The fourth-order valence-electron chi connectivity index (χ4n) is 2.56. The molecule has 1 heterocycles. The van der Waals surface area contributed by atoms with Crippen LogP contribution >= 0.6 is 23.2 Å². The van der Waals surface area contributed by atoms with Crippen molar-refractivity contribution in [1.82, 2.24) is 0 Å². The second-order valence-corrected chi connectivity index (χ2v) is 5.42. The quantitative estimate of drug-likeness (QED) is 0.792. The average molecular weight is 284 g/mol. The fraction of sp³-hybridized carbons (Fsp3) is 0.385. The molecule has 5 heteroatoms. The first kappa shape index (κ1) is 12.0. The molecule has 2 atom stereocenters. The highest BCUT2D eigenvalue weighted by Crippen LogP contribution is 2.37. The Balaban J connectivity index is 1.97. The van der Waals surface area contributed by atoms with Crippen molar-refractivity contribution < 1.29 is 9.63 Å². The molecule has 1 aliphatic carbocycles. The highest BCUT2D eigenvalue weighted by atomic mass is 35.5. The van der Waals surface area contributed by atoms with Crippen LogP contribution in [-0.2, 0) is 9.63 Å². The van der Waals surface area contributed by atoms with Crippen molar-refractivity contribution in [2.75, 3.05) is 0 Å². The number of hydrogen-bond acceptors (Lipinski definition) is 3. The van der Waals surface area contributed by atoms with Crippen molar-refractivity contribution in [3.05, 3.63) is 33.8 Å². The third-order valence-electron chi connectivity index (χ3n) is 3.47. The maximum Gasteiger partial charge on any atom is 0.142 e. The van der Waals surface area contributed by atoms with Crippen LogP contribution in [0.3, 0.4) is 0 Å². The summed E-state index contributed by atoms with van der Waals surface area (Å²) in [4.78, 5) is 16.8. The molecule has 0 radical (unpaired) electrons. The van der Waals surface area contributed by atoms with E-state index in [4.69, 9.17) is 28.0 Å². The number of fused-ring (bicyclic) bond motifs is 1. The molecule has 2 aliphatic rings. The highest BCUT2D eigenvalue weighted by molar-refractivity contribution is 6.40. The summed E-state index contributed by atoms with van der Waals surface area (Å²) in [6.07, 6.45) is 1.61. The van der Waals surface area contributed by atoms with Crippen molar-refractivity contribution >= 4 is 34.7 Å². The van der Waals surface area contributed by atoms with Crippen LogP contribution in [0.4, 0.5) is 0 Å². The van der Waals surface area contributed by atoms with Gasteiger partial charge >= 0.3 is 0 Å². The van der Waals surface area contributed by atoms with E-state index in [0.717, 1.165) is 17.7 Å². The first-order valence-corrected chi connectivity index (χ1v) is 6.62. The lowest BCUT2D eigenvalue weighted by Gasteiger charge is -2.23. The Morgan fingerprint density at radius 1 is 1.28 bits per heavy atom. The molecule has 1 aromatic carbocycles. The zero-order valence-electron chi connectivity index (χ0n) is 9.53. The van der Waals surface area contributed by atoms with E-state index >= 15 is 0 Å². The second kappa shape index (κ2) is 4.56. The van der Waals surface area contributed by atoms with Gasteiger partial charge in [0.05, 0.1) is 15.8 Å². The number of nitrogens with zero attached hydrogens (tertiary/aromatic N) is 1. The summed E-state index contributed by atoms with van der Waals surface area (Å²) in [6, 6.07) is 5.37. The zero-order chi connectivity index (χ0) is 12.7. The smallest absolute Gasteiger partial charge is 0.142 e. The Morgan fingerprint density at radius 3 is 2.72 bits per heavy atom. The number of ketones is 1. The molecule has 3 rings (SSSR count). The predicted molar refractivity (Wildman–Crippen MR) is 70.2 cm³/mol. The van der Waals surface area contributed by atoms with E-state index in [9.17, 15) is 4.79 Å². The summed E-state index contributed by atoms with van der Waals surface area (Å²) in [5.74, 6) is 0.359. The van der Waals surface area contributed by atoms with Gasteiger partial charge in [-0.2, -0.15) is 0 Å². The summed E-state index contributed by atoms with van der Waals surface area (Å²) in [5.41, 5.74) is 1.52. The minimum absolute atomic E-state index is 0.125. The first-order chi connectivity index (χ1) is 8.66. The van der Waals surface area contributed by atoms with Gasteiger partial charge in [-0.1, -0.05) is 34.4 Å². The topological polar surface area (TPSA) is 38.7 Å². The summed E-state index contributed by atoms with van der Waals surface area (Å²) in [5, 5.41) is 5.25. The number of Topliss-reactive ketones (excluding diaryl/α,β-unsaturated/α-hetero) is 1. The molecule has 1 aliphatic heterocycles. The Bertz CT molecular complexity index is 522. The van der Waals surface area contributed by atoms with Crippen molar-refractivity contribution in [2.45, 2.75) is 25.4 Å². The molecule has 0 unspecified atom stereocenters. The minimum atomic E-state index is -0.145. The molecular formula is C13H11Cl2NO2. The number of carbonyl (C=O) groups is 1. The van der Waals surface area contributed by atoms with Crippen LogP contribution in [0.15, 0.2) is 23.4 Å². The minimum Gasteiger partial charge on any atom is -0.391 e. The van der Waals surface area contributed by atoms with E-state index in [0.29, 0.717) is 22.9 Å². The molecule has 0 aromatic heterocycles. The number of hydrogen-bond donors (Lipinski definition) is 0. The van der Waals surface area contributed by atoms with Crippen LogP contribution in [0, 0.1) is 5.92 Å². The van der Waals surface area contributed by atoms with Gasteiger partial charge in [0.15, 0.2) is 0 Å². The molecule has 0 saturated heterocycles. The summed E-state index contributed by atoms with van der Waals surface area (Å²) in [7, 11) is 0. The van der Waals surface area contributed by atoms with E-state index in [1.165, 1.54) is 0 Å². The number of rotatable bonds is 1. The van der Waals surface area contributed by atoms with Crippen LogP contribution in [0.25, 0.3) is 0 Å². The molecule has 1 saturated carbocycles. The average Bonchev–Trinajstić information content (AvgIpc) is 2.72. The SMILES string of the molecule is O=C1CC[C@@H]2C(c3c(Cl)cccc3Cl)=NO[C@H]2C1. The molecule has 3 nitrogen and oxygen atoms in total. The molecule has 0 amide bonds. The Labute approximate surface area is 115 Å². The molecule has 0 N–H and O–H groups in total. The number of benzene rings is 1.